The molecule has 0 aliphatic rings. The number of ketones is 2. The highest BCUT2D eigenvalue weighted by Gasteiger charge is 2.13. The van der Waals surface area contributed by atoms with Crippen molar-refractivity contribution >= 4 is 46.6 Å². The normalized spacial score (nSPS) is 10.3. The van der Waals surface area contributed by atoms with E-state index in [1.54, 1.807) is 41.5 Å². The van der Waals surface area contributed by atoms with Crippen molar-refractivity contribution in [1.29, 1.82) is 0 Å². The molecule has 5 N–H and O–H groups in total. The van der Waals surface area contributed by atoms with E-state index in [4.69, 9.17) is 12.2 Å². The van der Waals surface area contributed by atoms with Crippen LogP contribution in [0.5, 0.6) is 0 Å². The van der Waals surface area contributed by atoms with Crippen molar-refractivity contribution in [2.24, 2.45) is 17.8 Å². The van der Waals surface area contributed by atoms with Gasteiger partial charge in [-0.25, -0.2) is 0 Å². The molecule has 0 radical (unpaired) electrons. The van der Waals surface area contributed by atoms with Gasteiger partial charge in [-0.05, 0) is 26.1 Å². The molecule has 0 aliphatic carbocycles. The molecule has 10 nitrogen and oxygen atoms in total. The molecule has 11 heteroatoms. The summed E-state index contributed by atoms with van der Waals surface area (Å²) >= 11 is 4.97. The van der Waals surface area contributed by atoms with Crippen LogP contribution < -0.4 is 26.6 Å². The molecule has 0 atom stereocenters. The van der Waals surface area contributed by atoms with Crippen molar-refractivity contribution in [3.05, 3.63) is 0 Å². The van der Waals surface area contributed by atoms with Gasteiger partial charge in [-0.2, -0.15) is 0 Å². The number of rotatable bonds is 12. The second-order valence-electron chi connectivity index (χ2n) is 8.65. The first-order chi connectivity index (χ1) is 15.2. The molecule has 3 amide bonds. The lowest BCUT2D eigenvalue weighted by Crippen LogP contribution is -2.44. The average molecular weight is 488 g/mol. The largest absolute Gasteiger partial charge is 0.361 e. The molecule has 0 aromatic rings. The SMILES string of the molecule is CC(C)C(=O)CC(=O)NCNC(=O)C(C)C.CC(C)NC(=S)NCNC(=O)CC(=O)C(C)C. The average Bonchev–Trinajstić information content (AvgIpc) is 2.67. The summed E-state index contributed by atoms with van der Waals surface area (Å²) in [6.07, 6.45) is -0.209. The zero-order chi connectivity index (χ0) is 26.1. The van der Waals surface area contributed by atoms with Crippen LogP contribution in [-0.4, -0.2) is 53.8 Å². The van der Waals surface area contributed by atoms with Crippen molar-refractivity contribution in [3.63, 3.8) is 0 Å². The number of hydrogen-bond acceptors (Lipinski definition) is 6. The Balaban J connectivity index is 0. The summed E-state index contributed by atoms with van der Waals surface area (Å²) in [7, 11) is 0. The number of carbonyl (C=O) groups is 5. The molecule has 190 valence electrons. The van der Waals surface area contributed by atoms with Gasteiger partial charge in [0.1, 0.15) is 11.6 Å². The summed E-state index contributed by atoms with van der Waals surface area (Å²) in [5.74, 6) is -1.32. The molecular formula is C22H41N5O5S. The predicted octanol–water partition coefficient (Wildman–Crippen LogP) is 0.995. The molecule has 0 rings (SSSR count). The van der Waals surface area contributed by atoms with Crippen LogP contribution in [0.25, 0.3) is 0 Å². The molecule has 0 saturated carbocycles. The number of nitrogens with one attached hydrogen (secondary N) is 5. The van der Waals surface area contributed by atoms with Gasteiger partial charge >= 0.3 is 0 Å². The van der Waals surface area contributed by atoms with E-state index < -0.39 is 0 Å². The van der Waals surface area contributed by atoms with E-state index >= 15 is 0 Å². The highest BCUT2D eigenvalue weighted by atomic mass is 32.1. The molecule has 0 spiro atoms. The molecule has 0 heterocycles. The maximum absolute atomic E-state index is 11.3. The van der Waals surface area contributed by atoms with Crippen molar-refractivity contribution in [3.8, 4) is 0 Å². The molecule has 0 aliphatic heterocycles. The fourth-order valence-corrected chi connectivity index (χ4v) is 2.13. The Morgan fingerprint density at radius 2 is 1.00 bits per heavy atom. The third kappa shape index (κ3) is 19.8. The van der Waals surface area contributed by atoms with E-state index in [9.17, 15) is 24.0 Å². The van der Waals surface area contributed by atoms with Crippen LogP contribution in [0.15, 0.2) is 0 Å². The van der Waals surface area contributed by atoms with Crippen molar-refractivity contribution in [2.75, 3.05) is 13.3 Å². The van der Waals surface area contributed by atoms with E-state index in [1.165, 1.54) is 0 Å². The molecule has 0 aromatic carbocycles. The molecule has 0 bridgehead atoms. The lowest BCUT2D eigenvalue weighted by Gasteiger charge is -2.13. The van der Waals surface area contributed by atoms with Crippen LogP contribution in [-0.2, 0) is 24.0 Å². The summed E-state index contributed by atoms with van der Waals surface area (Å²) < 4.78 is 0. The Morgan fingerprint density at radius 3 is 1.33 bits per heavy atom. The summed E-state index contributed by atoms with van der Waals surface area (Å²) in [5, 5.41) is 13.9. The van der Waals surface area contributed by atoms with E-state index in [0.29, 0.717) is 5.11 Å². The van der Waals surface area contributed by atoms with Gasteiger partial charge in [0.05, 0.1) is 26.2 Å². The zero-order valence-corrected chi connectivity index (χ0v) is 21.9. The number of hydrogen-bond donors (Lipinski definition) is 5. The minimum atomic E-state index is -0.359. The second-order valence-corrected chi connectivity index (χ2v) is 9.06. The van der Waals surface area contributed by atoms with Crippen molar-refractivity contribution in [1.82, 2.24) is 26.6 Å². The molecule has 0 unspecified atom stereocenters. The number of amides is 3. The molecule has 0 saturated heterocycles. The smallest absolute Gasteiger partial charge is 0.228 e. The minimum absolute atomic E-state index is 0.0645. The number of Topliss-reactive ketones (excluding diaryl/α,β-unsaturated/α-hetero) is 2. The van der Waals surface area contributed by atoms with E-state index in [0.717, 1.165) is 0 Å². The highest BCUT2D eigenvalue weighted by Crippen LogP contribution is 1.98. The van der Waals surface area contributed by atoms with Crippen LogP contribution in [0.1, 0.15) is 68.2 Å². The van der Waals surface area contributed by atoms with Gasteiger partial charge in [-0.15, -0.1) is 0 Å². The Kier molecular flexibility index (Phi) is 17.7. The molecule has 0 aromatic heterocycles. The topological polar surface area (TPSA) is 146 Å². The second kappa shape index (κ2) is 17.9. The Morgan fingerprint density at radius 1 is 0.606 bits per heavy atom. The lowest BCUT2D eigenvalue weighted by molar-refractivity contribution is -0.131. The summed E-state index contributed by atoms with van der Waals surface area (Å²) in [6, 6.07) is 0.244. The van der Waals surface area contributed by atoms with E-state index in [1.807, 2.05) is 13.8 Å². The van der Waals surface area contributed by atoms with Gasteiger partial charge < -0.3 is 26.6 Å². The maximum atomic E-state index is 11.3. The minimum Gasteiger partial charge on any atom is -0.361 e. The van der Waals surface area contributed by atoms with Gasteiger partial charge in [-0.1, -0.05) is 41.5 Å². The van der Waals surface area contributed by atoms with Crippen LogP contribution in [0.4, 0.5) is 0 Å². The first kappa shape index (κ1) is 32.6. The molecule has 33 heavy (non-hydrogen) atoms. The van der Waals surface area contributed by atoms with E-state index in [2.05, 4.69) is 26.6 Å². The van der Waals surface area contributed by atoms with Crippen LogP contribution in [0, 0.1) is 17.8 Å². The van der Waals surface area contributed by atoms with Crippen molar-refractivity contribution in [2.45, 2.75) is 74.3 Å². The third-order valence-electron chi connectivity index (χ3n) is 3.98. The summed E-state index contributed by atoms with van der Waals surface area (Å²) in [5.41, 5.74) is 0. The van der Waals surface area contributed by atoms with Gasteiger partial charge in [0.2, 0.25) is 17.7 Å². The first-order valence-corrected chi connectivity index (χ1v) is 11.5. The standard InChI is InChI=1S/C11H21N3O2S.C11H20N2O3/c1-7(2)9(15)5-10(16)12-6-13-11(17)14-8(3)4;1-7(2)9(14)5-10(15)12-6-13-11(16)8(3)4/h7-8H,5-6H2,1-4H3,(H,12,16)(H2,13,14,17);7-8H,5-6H2,1-4H3,(H,12,15)(H,13,16). The maximum Gasteiger partial charge on any atom is 0.228 e. The van der Waals surface area contributed by atoms with Crippen LogP contribution >= 0.6 is 12.2 Å². The van der Waals surface area contributed by atoms with Gasteiger partial charge in [-0.3, -0.25) is 24.0 Å². The number of thiocarbonyl (C=S) groups is 1. The zero-order valence-electron chi connectivity index (χ0n) is 21.1. The van der Waals surface area contributed by atoms with Gasteiger partial charge in [0, 0.05) is 23.8 Å². The quantitative estimate of drug-likeness (QED) is 0.156. The fraction of sp³-hybridized carbons (Fsp3) is 0.727. The predicted molar refractivity (Wildman–Crippen MR) is 132 cm³/mol. The Bertz CT molecular complexity index is 678. The third-order valence-corrected chi connectivity index (χ3v) is 4.25. The van der Waals surface area contributed by atoms with Crippen molar-refractivity contribution < 1.29 is 24.0 Å². The highest BCUT2D eigenvalue weighted by molar-refractivity contribution is 7.80. The monoisotopic (exact) mass is 487 g/mol. The fourth-order valence-electron chi connectivity index (χ4n) is 1.82. The van der Waals surface area contributed by atoms with Crippen LogP contribution in [0.3, 0.4) is 0 Å². The first-order valence-electron chi connectivity index (χ1n) is 11.1. The lowest BCUT2D eigenvalue weighted by atomic mass is 10.1. The van der Waals surface area contributed by atoms with Gasteiger partial charge in [0.15, 0.2) is 5.11 Å². The Hall–Kier alpha value is -2.56. The van der Waals surface area contributed by atoms with Crippen LogP contribution in [0.2, 0.25) is 0 Å². The van der Waals surface area contributed by atoms with Gasteiger partial charge in [0.25, 0.3) is 0 Å². The number of carbonyl (C=O) groups excluding carboxylic acids is 5. The van der Waals surface area contributed by atoms with E-state index in [-0.39, 0.29) is 79.3 Å². The Labute approximate surface area is 202 Å². The summed E-state index contributed by atoms with van der Waals surface area (Å²) in [4.78, 5) is 56.2. The molecular weight excluding hydrogens is 446 g/mol. The summed E-state index contributed by atoms with van der Waals surface area (Å²) in [6.45, 7) is 14.8. The molecule has 0 fully saturated rings.